The number of halogens is 1. The number of rotatable bonds is 5. The lowest BCUT2D eigenvalue weighted by molar-refractivity contribution is -0.153. The molecule has 0 saturated heterocycles. The molecule has 9 heteroatoms. The predicted octanol–water partition coefficient (Wildman–Crippen LogP) is 1.21. The fourth-order valence-electron chi connectivity index (χ4n) is 1.64. The van der Waals surface area contributed by atoms with Crippen molar-refractivity contribution in [2.45, 2.75) is 26.5 Å². The standard InChI is InChI=1S/C13H14ClN5O3/c1-8-3-4-10(14)5-11(8)16-13(21)9(2)22-12(20)6-19-7-15-17-18-19/h3-5,7,9H,6H2,1-2H3,(H,16,21)/t9-/m1/s1. The van der Waals surface area contributed by atoms with E-state index in [0.29, 0.717) is 10.7 Å². The molecule has 1 N–H and O–H groups in total. The maximum atomic E-state index is 12.0. The van der Waals surface area contributed by atoms with Crippen molar-refractivity contribution < 1.29 is 14.3 Å². The summed E-state index contributed by atoms with van der Waals surface area (Å²) in [5.74, 6) is -1.06. The molecule has 0 aliphatic rings. The third-order valence-corrected chi connectivity index (χ3v) is 3.05. The first-order chi connectivity index (χ1) is 10.5. The van der Waals surface area contributed by atoms with Crippen LogP contribution in [-0.2, 0) is 20.9 Å². The number of aromatic nitrogens is 4. The Morgan fingerprint density at radius 1 is 1.45 bits per heavy atom. The lowest BCUT2D eigenvalue weighted by Crippen LogP contribution is -2.31. The minimum Gasteiger partial charge on any atom is -0.451 e. The third kappa shape index (κ3) is 4.26. The summed E-state index contributed by atoms with van der Waals surface area (Å²) in [4.78, 5) is 23.7. The molecule has 1 aromatic heterocycles. The van der Waals surface area contributed by atoms with Crippen molar-refractivity contribution in [1.82, 2.24) is 20.2 Å². The molecule has 0 fully saturated rings. The van der Waals surface area contributed by atoms with Crippen molar-refractivity contribution >= 4 is 29.2 Å². The van der Waals surface area contributed by atoms with Crippen molar-refractivity contribution in [3.05, 3.63) is 35.1 Å². The maximum absolute atomic E-state index is 12.0. The number of nitrogens with one attached hydrogen (secondary N) is 1. The van der Waals surface area contributed by atoms with Crippen LogP contribution in [0.2, 0.25) is 5.02 Å². The zero-order valence-electron chi connectivity index (χ0n) is 12.0. The van der Waals surface area contributed by atoms with Gasteiger partial charge in [-0.15, -0.1) is 5.10 Å². The summed E-state index contributed by atoms with van der Waals surface area (Å²) < 4.78 is 6.23. The summed E-state index contributed by atoms with van der Waals surface area (Å²) in [5.41, 5.74) is 1.42. The minimum absolute atomic E-state index is 0.166. The van der Waals surface area contributed by atoms with Gasteiger partial charge < -0.3 is 10.1 Å². The highest BCUT2D eigenvalue weighted by Crippen LogP contribution is 2.20. The van der Waals surface area contributed by atoms with Crippen LogP contribution in [0.25, 0.3) is 0 Å². The van der Waals surface area contributed by atoms with Crippen LogP contribution in [0.3, 0.4) is 0 Å². The van der Waals surface area contributed by atoms with Crippen molar-refractivity contribution in [2.75, 3.05) is 5.32 Å². The van der Waals surface area contributed by atoms with E-state index in [-0.39, 0.29) is 6.54 Å². The Morgan fingerprint density at radius 3 is 2.91 bits per heavy atom. The van der Waals surface area contributed by atoms with Gasteiger partial charge in [-0.25, -0.2) is 4.68 Å². The third-order valence-electron chi connectivity index (χ3n) is 2.82. The number of hydrogen-bond donors (Lipinski definition) is 1. The second-order valence-electron chi connectivity index (χ2n) is 4.59. The highest BCUT2D eigenvalue weighted by Gasteiger charge is 2.19. The van der Waals surface area contributed by atoms with Gasteiger partial charge in [0.05, 0.1) is 0 Å². The predicted molar refractivity (Wildman–Crippen MR) is 78.2 cm³/mol. The van der Waals surface area contributed by atoms with Crippen molar-refractivity contribution in [3.8, 4) is 0 Å². The first-order valence-electron chi connectivity index (χ1n) is 6.43. The van der Waals surface area contributed by atoms with Gasteiger partial charge in [-0.05, 0) is 42.0 Å². The molecule has 1 aromatic carbocycles. The number of hydrogen-bond acceptors (Lipinski definition) is 6. The Kier molecular flexibility index (Phi) is 5.05. The van der Waals surface area contributed by atoms with E-state index in [4.69, 9.17) is 16.3 Å². The molecule has 2 rings (SSSR count). The number of carbonyl (C=O) groups excluding carboxylic acids is 2. The van der Waals surface area contributed by atoms with Gasteiger partial charge in [-0.2, -0.15) is 0 Å². The lowest BCUT2D eigenvalue weighted by atomic mass is 10.2. The van der Waals surface area contributed by atoms with E-state index in [1.807, 2.05) is 6.92 Å². The number of benzene rings is 1. The number of esters is 1. The Balaban J connectivity index is 1.91. The molecule has 1 amide bonds. The molecule has 0 aliphatic carbocycles. The Morgan fingerprint density at radius 2 is 2.23 bits per heavy atom. The van der Waals surface area contributed by atoms with Gasteiger partial charge >= 0.3 is 5.97 Å². The average molecular weight is 324 g/mol. The number of anilines is 1. The molecular formula is C13H14ClN5O3. The number of nitrogens with zero attached hydrogens (tertiary/aromatic N) is 4. The van der Waals surface area contributed by atoms with Gasteiger partial charge in [-0.3, -0.25) is 9.59 Å². The zero-order valence-corrected chi connectivity index (χ0v) is 12.7. The summed E-state index contributed by atoms with van der Waals surface area (Å²) in [6, 6.07) is 5.14. The summed E-state index contributed by atoms with van der Waals surface area (Å²) in [6.07, 6.45) is 0.323. The highest BCUT2D eigenvalue weighted by atomic mass is 35.5. The molecule has 22 heavy (non-hydrogen) atoms. The highest BCUT2D eigenvalue weighted by molar-refractivity contribution is 6.31. The van der Waals surface area contributed by atoms with Gasteiger partial charge in [0, 0.05) is 10.7 Å². The Labute approximate surface area is 131 Å². The number of carbonyl (C=O) groups is 2. The van der Waals surface area contributed by atoms with E-state index < -0.39 is 18.0 Å². The van der Waals surface area contributed by atoms with Crippen molar-refractivity contribution in [3.63, 3.8) is 0 Å². The summed E-state index contributed by atoms with van der Waals surface area (Å²) in [6.45, 7) is 3.15. The van der Waals surface area contributed by atoms with Crippen molar-refractivity contribution in [2.24, 2.45) is 0 Å². The van der Waals surface area contributed by atoms with Gasteiger partial charge in [0.25, 0.3) is 5.91 Å². The number of ether oxygens (including phenoxy) is 1. The molecule has 0 spiro atoms. The second-order valence-corrected chi connectivity index (χ2v) is 5.02. The van der Waals surface area contributed by atoms with E-state index >= 15 is 0 Å². The SMILES string of the molecule is Cc1ccc(Cl)cc1NC(=O)[C@@H](C)OC(=O)Cn1cnnn1. The molecule has 0 unspecified atom stereocenters. The summed E-state index contributed by atoms with van der Waals surface area (Å²) in [7, 11) is 0. The first-order valence-corrected chi connectivity index (χ1v) is 6.81. The lowest BCUT2D eigenvalue weighted by Gasteiger charge is -2.14. The fraction of sp³-hybridized carbons (Fsp3) is 0.308. The summed E-state index contributed by atoms with van der Waals surface area (Å²) in [5, 5.41) is 13.5. The van der Waals surface area contributed by atoms with Crippen LogP contribution < -0.4 is 5.32 Å². The van der Waals surface area contributed by atoms with Crippen LogP contribution in [0.4, 0.5) is 5.69 Å². The number of tetrazole rings is 1. The van der Waals surface area contributed by atoms with E-state index in [1.165, 1.54) is 17.9 Å². The molecule has 0 aliphatic heterocycles. The van der Waals surface area contributed by atoms with Crippen LogP contribution in [0, 0.1) is 6.92 Å². The van der Waals surface area contributed by atoms with Crippen LogP contribution in [0.1, 0.15) is 12.5 Å². The molecule has 1 atom stereocenters. The van der Waals surface area contributed by atoms with Crippen LogP contribution in [0.5, 0.6) is 0 Å². The van der Waals surface area contributed by atoms with Crippen LogP contribution in [-0.4, -0.2) is 38.2 Å². The normalized spacial score (nSPS) is 11.8. The molecule has 0 bridgehead atoms. The number of aryl methyl sites for hydroxylation is 1. The molecule has 8 nitrogen and oxygen atoms in total. The van der Waals surface area contributed by atoms with Gasteiger partial charge in [-0.1, -0.05) is 17.7 Å². The smallest absolute Gasteiger partial charge is 0.328 e. The van der Waals surface area contributed by atoms with Crippen molar-refractivity contribution in [1.29, 1.82) is 0 Å². The zero-order chi connectivity index (χ0) is 16.1. The largest absolute Gasteiger partial charge is 0.451 e. The molecule has 0 saturated carbocycles. The molecule has 116 valence electrons. The molecular weight excluding hydrogens is 310 g/mol. The topological polar surface area (TPSA) is 99.0 Å². The van der Waals surface area contributed by atoms with Crippen LogP contribution in [0.15, 0.2) is 24.5 Å². The van der Waals surface area contributed by atoms with Gasteiger partial charge in [0.2, 0.25) is 0 Å². The van der Waals surface area contributed by atoms with E-state index in [1.54, 1.807) is 18.2 Å². The first kappa shape index (κ1) is 15.9. The summed E-state index contributed by atoms with van der Waals surface area (Å²) >= 11 is 5.89. The van der Waals surface area contributed by atoms with Gasteiger partial charge in [0.15, 0.2) is 6.10 Å². The average Bonchev–Trinajstić information content (AvgIpc) is 2.95. The monoisotopic (exact) mass is 323 g/mol. The Bertz CT molecular complexity index is 674. The maximum Gasteiger partial charge on any atom is 0.328 e. The van der Waals surface area contributed by atoms with E-state index in [9.17, 15) is 9.59 Å². The van der Waals surface area contributed by atoms with Gasteiger partial charge in [0.1, 0.15) is 12.9 Å². The minimum atomic E-state index is -0.956. The molecule has 1 heterocycles. The fourth-order valence-corrected chi connectivity index (χ4v) is 1.81. The van der Waals surface area contributed by atoms with E-state index in [2.05, 4.69) is 20.8 Å². The number of amides is 1. The van der Waals surface area contributed by atoms with E-state index in [0.717, 1.165) is 5.56 Å². The van der Waals surface area contributed by atoms with Crippen LogP contribution >= 0.6 is 11.6 Å². The Hall–Kier alpha value is -2.48. The molecule has 2 aromatic rings. The quantitative estimate of drug-likeness (QED) is 0.830. The second kappa shape index (κ2) is 6.99. The molecule has 0 radical (unpaired) electrons.